The lowest BCUT2D eigenvalue weighted by Crippen LogP contribution is -2.27. The zero-order valence-electron chi connectivity index (χ0n) is 13.3. The van der Waals surface area contributed by atoms with E-state index in [-0.39, 0.29) is 6.61 Å². The van der Waals surface area contributed by atoms with Gasteiger partial charge in [-0.3, -0.25) is 0 Å². The summed E-state index contributed by atoms with van der Waals surface area (Å²) in [4.78, 5) is 7.04. The van der Waals surface area contributed by atoms with Gasteiger partial charge in [-0.2, -0.15) is 0 Å². The van der Waals surface area contributed by atoms with Crippen molar-refractivity contribution in [1.82, 2.24) is 4.98 Å². The Morgan fingerprint density at radius 3 is 2.65 bits per heavy atom. The van der Waals surface area contributed by atoms with Gasteiger partial charge in [0, 0.05) is 18.8 Å². The summed E-state index contributed by atoms with van der Waals surface area (Å²) < 4.78 is 0. The van der Waals surface area contributed by atoms with Gasteiger partial charge in [-0.15, -0.1) is 0 Å². The van der Waals surface area contributed by atoms with Crippen molar-refractivity contribution in [3.8, 4) is 0 Å². The van der Waals surface area contributed by atoms with Gasteiger partial charge in [0.15, 0.2) is 0 Å². The minimum Gasteiger partial charge on any atom is -0.392 e. The molecule has 2 rings (SSSR count). The molecule has 0 amide bonds. The van der Waals surface area contributed by atoms with E-state index in [4.69, 9.17) is 0 Å². The highest BCUT2D eigenvalue weighted by Crippen LogP contribution is 2.35. The second-order valence-electron chi connectivity index (χ2n) is 7.11. The highest BCUT2D eigenvalue weighted by molar-refractivity contribution is 5.42. The van der Waals surface area contributed by atoms with Crippen LogP contribution in [0.1, 0.15) is 51.3 Å². The van der Waals surface area contributed by atoms with E-state index in [0.717, 1.165) is 36.1 Å². The highest BCUT2D eigenvalue weighted by Gasteiger charge is 2.27. The Labute approximate surface area is 123 Å². The van der Waals surface area contributed by atoms with Crippen LogP contribution in [0.2, 0.25) is 0 Å². The quantitative estimate of drug-likeness (QED) is 0.897. The number of hydrogen-bond donors (Lipinski definition) is 1. The van der Waals surface area contributed by atoms with Crippen LogP contribution in [0, 0.1) is 18.3 Å². The first-order valence-corrected chi connectivity index (χ1v) is 7.73. The summed E-state index contributed by atoms with van der Waals surface area (Å²) in [5.74, 6) is 1.82. The van der Waals surface area contributed by atoms with Crippen LogP contribution >= 0.6 is 0 Å². The minimum absolute atomic E-state index is 0.0921. The average molecular weight is 276 g/mol. The fourth-order valence-electron chi connectivity index (χ4n) is 3.17. The first kappa shape index (κ1) is 15.3. The predicted octanol–water partition coefficient (Wildman–Crippen LogP) is 3.53. The van der Waals surface area contributed by atoms with Gasteiger partial charge in [0.1, 0.15) is 5.82 Å². The zero-order chi connectivity index (χ0) is 14.8. The van der Waals surface area contributed by atoms with Crippen LogP contribution in [0.15, 0.2) is 12.1 Å². The summed E-state index contributed by atoms with van der Waals surface area (Å²) in [7, 11) is 0. The molecule has 1 aromatic heterocycles. The molecule has 112 valence electrons. The Kier molecular flexibility index (Phi) is 4.69. The second-order valence-corrected chi connectivity index (χ2v) is 7.11. The van der Waals surface area contributed by atoms with Crippen molar-refractivity contribution < 1.29 is 5.11 Å². The zero-order valence-corrected chi connectivity index (χ0v) is 13.3. The maximum absolute atomic E-state index is 9.34. The molecule has 2 heterocycles. The molecule has 0 bridgehead atoms. The topological polar surface area (TPSA) is 36.4 Å². The van der Waals surface area contributed by atoms with Gasteiger partial charge in [-0.1, -0.05) is 20.8 Å². The van der Waals surface area contributed by atoms with Crippen LogP contribution < -0.4 is 4.90 Å². The molecule has 3 heteroatoms. The Bertz CT molecular complexity index is 451. The summed E-state index contributed by atoms with van der Waals surface area (Å²) in [6.07, 6.45) is 3.76. The van der Waals surface area contributed by atoms with Gasteiger partial charge >= 0.3 is 0 Å². The van der Waals surface area contributed by atoms with Gasteiger partial charge in [0.05, 0.1) is 6.61 Å². The molecule has 1 saturated heterocycles. The van der Waals surface area contributed by atoms with Gasteiger partial charge in [-0.05, 0) is 55.2 Å². The number of pyridine rings is 1. The molecule has 1 unspecified atom stereocenters. The van der Waals surface area contributed by atoms with Crippen molar-refractivity contribution >= 4 is 5.82 Å². The molecule has 0 aromatic carbocycles. The first-order valence-electron chi connectivity index (χ1n) is 7.73. The number of rotatable bonds is 2. The molecule has 1 N–H and O–H groups in total. The first-order chi connectivity index (χ1) is 9.40. The van der Waals surface area contributed by atoms with Crippen LogP contribution in [0.25, 0.3) is 0 Å². The maximum atomic E-state index is 9.34. The Morgan fingerprint density at radius 2 is 2.00 bits per heavy atom. The Morgan fingerprint density at radius 1 is 1.25 bits per heavy atom. The monoisotopic (exact) mass is 276 g/mol. The number of nitrogens with zero attached hydrogens (tertiary/aromatic N) is 2. The SMILES string of the molecule is Cc1cc(CO)cc(N2CCCC(C(C)(C)C)CC2)n1. The van der Waals surface area contributed by atoms with Crippen molar-refractivity contribution in [2.75, 3.05) is 18.0 Å². The van der Waals surface area contributed by atoms with Crippen molar-refractivity contribution in [2.24, 2.45) is 11.3 Å². The third-order valence-electron chi connectivity index (χ3n) is 4.46. The van der Waals surface area contributed by atoms with Crippen LogP contribution in [-0.2, 0) is 6.61 Å². The molecule has 20 heavy (non-hydrogen) atoms. The molecule has 1 aromatic rings. The largest absolute Gasteiger partial charge is 0.392 e. The average Bonchev–Trinajstić information content (AvgIpc) is 2.63. The smallest absolute Gasteiger partial charge is 0.129 e. The lowest BCUT2D eigenvalue weighted by molar-refractivity contribution is 0.220. The number of aromatic nitrogens is 1. The van der Waals surface area contributed by atoms with Crippen LogP contribution in [0.4, 0.5) is 5.82 Å². The molecule has 1 atom stereocenters. The number of aliphatic hydroxyl groups excluding tert-OH is 1. The van der Waals surface area contributed by atoms with E-state index in [9.17, 15) is 5.11 Å². The van der Waals surface area contributed by atoms with Gasteiger partial charge in [0.25, 0.3) is 0 Å². The third-order valence-corrected chi connectivity index (χ3v) is 4.46. The molecule has 1 aliphatic rings. The molecule has 0 spiro atoms. The fraction of sp³-hybridized carbons (Fsp3) is 0.706. The molecular weight excluding hydrogens is 248 g/mol. The van der Waals surface area contributed by atoms with Crippen LogP contribution in [-0.4, -0.2) is 23.2 Å². The van der Waals surface area contributed by atoms with Crippen LogP contribution in [0.3, 0.4) is 0 Å². The van der Waals surface area contributed by atoms with E-state index in [1.807, 2.05) is 19.1 Å². The van der Waals surface area contributed by atoms with Crippen molar-refractivity contribution in [1.29, 1.82) is 0 Å². The van der Waals surface area contributed by atoms with E-state index < -0.39 is 0 Å². The number of aliphatic hydroxyl groups is 1. The molecule has 0 radical (unpaired) electrons. The summed E-state index contributed by atoms with van der Waals surface area (Å²) in [5.41, 5.74) is 2.35. The van der Waals surface area contributed by atoms with Crippen molar-refractivity contribution in [3.63, 3.8) is 0 Å². The Balaban J connectivity index is 2.12. The van der Waals surface area contributed by atoms with E-state index in [2.05, 4.69) is 30.7 Å². The van der Waals surface area contributed by atoms with E-state index >= 15 is 0 Å². The van der Waals surface area contributed by atoms with Gasteiger partial charge < -0.3 is 10.0 Å². The molecule has 3 nitrogen and oxygen atoms in total. The van der Waals surface area contributed by atoms with E-state index in [1.54, 1.807) is 0 Å². The number of aryl methyl sites for hydroxylation is 1. The van der Waals surface area contributed by atoms with E-state index in [1.165, 1.54) is 19.3 Å². The summed E-state index contributed by atoms with van der Waals surface area (Å²) >= 11 is 0. The normalized spacial score (nSPS) is 20.9. The van der Waals surface area contributed by atoms with Crippen molar-refractivity contribution in [3.05, 3.63) is 23.4 Å². The number of hydrogen-bond acceptors (Lipinski definition) is 3. The van der Waals surface area contributed by atoms with Crippen molar-refractivity contribution in [2.45, 2.75) is 53.6 Å². The van der Waals surface area contributed by atoms with Gasteiger partial charge in [-0.25, -0.2) is 4.98 Å². The summed E-state index contributed by atoms with van der Waals surface area (Å²) in [6.45, 7) is 11.3. The summed E-state index contributed by atoms with van der Waals surface area (Å²) in [6, 6.07) is 3.99. The summed E-state index contributed by atoms with van der Waals surface area (Å²) in [5, 5.41) is 9.34. The number of anilines is 1. The highest BCUT2D eigenvalue weighted by atomic mass is 16.3. The Hall–Kier alpha value is -1.09. The predicted molar refractivity (Wildman–Crippen MR) is 83.9 cm³/mol. The second kappa shape index (κ2) is 6.13. The molecule has 1 fully saturated rings. The van der Waals surface area contributed by atoms with Gasteiger partial charge in [0.2, 0.25) is 0 Å². The molecule has 0 saturated carbocycles. The lowest BCUT2D eigenvalue weighted by Gasteiger charge is -2.30. The van der Waals surface area contributed by atoms with Crippen LogP contribution in [0.5, 0.6) is 0 Å². The molecule has 1 aliphatic heterocycles. The lowest BCUT2D eigenvalue weighted by atomic mass is 9.77. The molecular formula is C17H28N2O. The van der Waals surface area contributed by atoms with E-state index in [0.29, 0.717) is 5.41 Å². The maximum Gasteiger partial charge on any atom is 0.129 e. The minimum atomic E-state index is 0.0921. The fourth-order valence-corrected chi connectivity index (χ4v) is 3.17. The molecule has 0 aliphatic carbocycles. The third kappa shape index (κ3) is 3.72. The standard InChI is InChI=1S/C17H28N2O/c1-13-10-14(12-20)11-16(18-13)19-8-5-6-15(7-9-19)17(2,3)4/h10-11,15,20H,5-9,12H2,1-4H3.